The molecule has 0 aromatic heterocycles. The van der Waals surface area contributed by atoms with Gasteiger partial charge in [0.05, 0.1) is 41.4 Å². The van der Waals surface area contributed by atoms with Crippen molar-refractivity contribution in [2.45, 2.75) is 190 Å². The van der Waals surface area contributed by atoms with Crippen LogP contribution in [0.1, 0.15) is 190 Å². The summed E-state index contributed by atoms with van der Waals surface area (Å²) in [5.41, 5.74) is 0. The summed E-state index contributed by atoms with van der Waals surface area (Å²) in [5, 5.41) is 0. The third-order valence-electron chi connectivity index (χ3n) is 8.27. The Morgan fingerprint density at radius 3 is 0.321 bits per heavy atom. The molecule has 0 saturated heterocycles. The van der Waals surface area contributed by atoms with Crippen LogP contribution in [0.5, 0.6) is 0 Å². The first kappa shape index (κ1) is 90.4. The molecule has 0 rings (SSSR count). The predicted molar refractivity (Wildman–Crippen MR) is 295 cm³/mol. The van der Waals surface area contributed by atoms with Crippen molar-refractivity contribution in [3.63, 3.8) is 0 Å². The largest absolute Gasteiger partial charge is 0.428 e. The van der Waals surface area contributed by atoms with E-state index in [0.29, 0.717) is 44.9 Å². The summed E-state index contributed by atoms with van der Waals surface area (Å²) in [6, 6.07) is 0. The molecule has 0 unspecified atom stereocenters. The predicted octanol–water partition coefficient (Wildman–Crippen LogP) is 7.67. The first-order valence-electron chi connectivity index (χ1n) is 27.3. The van der Waals surface area contributed by atoms with Gasteiger partial charge in [-0.05, 0) is 0 Å². The summed E-state index contributed by atoms with van der Waals surface area (Å²) in [4.78, 5) is 149. The third kappa shape index (κ3) is 68.9. The van der Waals surface area contributed by atoms with Crippen molar-refractivity contribution < 1.29 is 133 Å². The number of esters is 14. The lowest BCUT2D eigenvalue weighted by atomic mass is 10.2. The lowest BCUT2D eigenvalue weighted by molar-refractivity contribution is -0.171. The minimum absolute atomic E-state index is 0.190. The first-order valence-corrected chi connectivity index (χ1v) is 27.3. The van der Waals surface area contributed by atoms with Gasteiger partial charge in [0.1, 0.15) is 0 Å². The number of carbonyl (C=O) groups excluding carboxylic acids is 14. The van der Waals surface area contributed by atoms with Gasteiger partial charge in [0.15, 0.2) is 0 Å². The van der Waals surface area contributed by atoms with Crippen LogP contribution in [0.2, 0.25) is 0 Å². The summed E-state index contributed by atoms with van der Waals surface area (Å²) in [7, 11) is 0. The molecule has 28 nitrogen and oxygen atoms in total. The number of rotatable bonds is 28. The summed E-state index contributed by atoms with van der Waals surface area (Å²) in [6.07, 6.45) is 2.04. The normalized spacial score (nSPS) is 9.67. The van der Waals surface area contributed by atoms with E-state index in [9.17, 15) is 67.1 Å². The molecular formula is C56H98O28. The molecule has 0 heterocycles. The Kier molecular flexibility index (Phi) is 64.7. The van der Waals surface area contributed by atoms with Gasteiger partial charge in [0.25, 0.3) is 0 Å². The van der Waals surface area contributed by atoms with Crippen LogP contribution < -0.4 is 0 Å². The lowest BCUT2D eigenvalue weighted by Gasteiger charge is -2.06. The van der Waals surface area contributed by atoms with Crippen LogP contribution in [0.25, 0.3) is 0 Å². The Morgan fingerprint density at radius 1 is 0.179 bits per heavy atom. The molecule has 84 heavy (non-hydrogen) atoms. The second-order valence-electron chi connectivity index (χ2n) is 18.2. The highest BCUT2D eigenvalue weighted by Gasteiger charge is 2.14. The van der Waals surface area contributed by atoms with Crippen molar-refractivity contribution in [1.82, 2.24) is 0 Å². The van der Waals surface area contributed by atoms with Gasteiger partial charge in [0.2, 0.25) is 47.6 Å². The molecule has 0 aromatic rings. The van der Waals surface area contributed by atoms with Gasteiger partial charge in [-0.25, -0.2) is 0 Å². The summed E-state index contributed by atoms with van der Waals surface area (Å²) >= 11 is 0. The molecule has 0 spiro atoms. The highest BCUT2D eigenvalue weighted by Crippen LogP contribution is 2.01. The fourth-order valence-electron chi connectivity index (χ4n) is 2.95. The maximum Gasteiger partial charge on any atom is 0.311 e. The summed E-state index contributed by atoms with van der Waals surface area (Å²) in [6.45, 7) is 33.8. The molecule has 490 valence electrons. The molecule has 0 amide bonds. The standard InChI is InChI=1S/7C8H14O4/c7*1-4-7(9)11-5-12-8(10)6(2)3/h7*6H,4-5H2,1-3H3. The molecule has 0 bridgehead atoms. The number of ether oxygens (including phenoxy) is 14. The molecule has 0 aromatic carbocycles. The molecule has 0 aliphatic rings. The summed E-state index contributed by atoms with van der Waals surface area (Å²) in [5.74, 6) is -6.44. The van der Waals surface area contributed by atoms with E-state index in [1.807, 2.05) is 0 Å². The Labute approximate surface area is 495 Å². The number of carbonyl (C=O) groups is 14. The molecule has 0 N–H and O–H groups in total. The van der Waals surface area contributed by atoms with Crippen molar-refractivity contribution in [2.75, 3.05) is 47.6 Å². The zero-order chi connectivity index (χ0) is 66.9. The Bertz CT molecular complexity index is 1510. The Morgan fingerprint density at radius 2 is 0.262 bits per heavy atom. The van der Waals surface area contributed by atoms with Crippen molar-refractivity contribution in [2.24, 2.45) is 41.4 Å². The zero-order valence-corrected chi connectivity index (χ0v) is 53.4. The van der Waals surface area contributed by atoms with Gasteiger partial charge in [-0.1, -0.05) is 145 Å². The van der Waals surface area contributed by atoms with Gasteiger partial charge in [-0.3, -0.25) is 67.1 Å². The van der Waals surface area contributed by atoms with Crippen LogP contribution in [-0.4, -0.2) is 131 Å². The van der Waals surface area contributed by atoms with Crippen molar-refractivity contribution >= 4 is 83.6 Å². The maximum absolute atomic E-state index is 10.8. The van der Waals surface area contributed by atoms with Crippen LogP contribution in [-0.2, 0) is 133 Å². The van der Waals surface area contributed by atoms with Crippen LogP contribution >= 0.6 is 0 Å². The van der Waals surface area contributed by atoms with Crippen LogP contribution in [0, 0.1) is 41.4 Å². The van der Waals surface area contributed by atoms with E-state index in [1.165, 1.54) is 0 Å². The molecule has 0 atom stereocenters. The fourth-order valence-corrected chi connectivity index (χ4v) is 2.95. The quantitative estimate of drug-likeness (QED) is 0.0411. The van der Waals surface area contributed by atoms with Crippen molar-refractivity contribution in [3.8, 4) is 0 Å². The van der Waals surface area contributed by atoms with E-state index in [1.54, 1.807) is 145 Å². The smallest absolute Gasteiger partial charge is 0.311 e. The van der Waals surface area contributed by atoms with E-state index in [4.69, 9.17) is 0 Å². The highest BCUT2D eigenvalue weighted by molar-refractivity contribution is 5.75. The maximum atomic E-state index is 10.8. The molecule has 0 aliphatic carbocycles. The number of hydrogen-bond acceptors (Lipinski definition) is 28. The molecule has 28 heteroatoms. The Balaban J connectivity index is -0.000000165. The van der Waals surface area contributed by atoms with E-state index in [0.717, 1.165) is 0 Å². The molecule has 0 aliphatic heterocycles. The van der Waals surface area contributed by atoms with E-state index in [-0.39, 0.29) is 173 Å². The van der Waals surface area contributed by atoms with Crippen molar-refractivity contribution in [1.29, 1.82) is 0 Å². The number of hydrogen-bond donors (Lipinski definition) is 0. The average Bonchev–Trinajstić information content (AvgIpc) is 3.44. The van der Waals surface area contributed by atoms with Gasteiger partial charge in [0, 0.05) is 44.9 Å². The van der Waals surface area contributed by atoms with Crippen LogP contribution in [0.15, 0.2) is 0 Å². The first-order chi connectivity index (χ1) is 39.0. The van der Waals surface area contributed by atoms with Crippen LogP contribution in [0.3, 0.4) is 0 Å². The second-order valence-corrected chi connectivity index (χ2v) is 18.2. The second kappa shape index (κ2) is 60.2. The summed E-state index contributed by atoms with van der Waals surface area (Å²) < 4.78 is 63.9. The van der Waals surface area contributed by atoms with E-state index < -0.39 is 0 Å². The topological polar surface area (TPSA) is 368 Å². The molecular weight excluding hydrogens is 1120 g/mol. The van der Waals surface area contributed by atoms with Gasteiger partial charge in [-0.2, -0.15) is 0 Å². The van der Waals surface area contributed by atoms with Gasteiger partial charge in [-0.15, -0.1) is 0 Å². The van der Waals surface area contributed by atoms with Gasteiger partial charge < -0.3 is 66.3 Å². The fraction of sp³-hybridized carbons (Fsp3) is 0.750. The third-order valence-corrected chi connectivity index (χ3v) is 8.27. The SMILES string of the molecule is CCC(=O)OCOC(=O)C(C)C.CCC(=O)OCOC(=O)C(C)C.CCC(=O)OCOC(=O)C(C)C.CCC(=O)OCOC(=O)C(C)C.CCC(=O)OCOC(=O)C(C)C.CCC(=O)OCOC(=O)C(C)C.CCC(=O)OCOC(=O)C(C)C. The molecule has 0 radical (unpaired) electrons. The Hall–Kier alpha value is -7.42. The highest BCUT2D eigenvalue weighted by atomic mass is 16.7. The lowest BCUT2D eigenvalue weighted by Crippen LogP contribution is -2.15. The molecule has 0 fully saturated rings. The van der Waals surface area contributed by atoms with Gasteiger partial charge >= 0.3 is 83.6 Å². The molecule has 0 saturated carbocycles. The average molecular weight is 1220 g/mol. The van der Waals surface area contributed by atoms with Crippen molar-refractivity contribution in [3.05, 3.63) is 0 Å². The minimum Gasteiger partial charge on any atom is -0.428 e. The minimum atomic E-state index is -0.369. The van der Waals surface area contributed by atoms with Crippen LogP contribution in [0.4, 0.5) is 0 Å². The zero-order valence-electron chi connectivity index (χ0n) is 53.4. The van der Waals surface area contributed by atoms with E-state index >= 15 is 0 Å². The van der Waals surface area contributed by atoms with E-state index in [2.05, 4.69) is 66.3 Å². The monoisotopic (exact) mass is 1220 g/mol.